The number of aromatic nitrogens is 6. The third kappa shape index (κ3) is 26.3. The predicted octanol–water partition coefficient (Wildman–Crippen LogP) is -14.6. The molecule has 266 valence electrons. The molecule has 2 heterocycles. The average molecular weight is 911 g/mol. The molecule has 0 spiro atoms. The normalized spacial score (nSPS) is 11.3. The van der Waals surface area contributed by atoms with Crippen molar-refractivity contribution in [1.29, 1.82) is 0 Å². The van der Waals surface area contributed by atoms with Crippen molar-refractivity contribution >= 4 is 87.5 Å². The van der Waals surface area contributed by atoms with Crippen molar-refractivity contribution in [3.05, 3.63) is 24.3 Å². The van der Waals surface area contributed by atoms with E-state index in [1.807, 2.05) is 0 Å². The van der Waals surface area contributed by atoms with Gasteiger partial charge in [0.25, 0.3) is 0 Å². The molecule has 0 aliphatic carbocycles. The van der Waals surface area contributed by atoms with Gasteiger partial charge in [0.05, 0.1) is 63.5 Å². The Morgan fingerprint density at radius 2 is 0.577 bits per heavy atom. The zero-order valence-electron chi connectivity index (χ0n) is 28.2. The number of benzene rings is 1. The first-order valence-corrected chi connectivity index (χ1v) is 19.4. The zero-order valence-corrected chi connectivity index (χ0v) is 43.9. The van der Waals surface area contributed by atoms with Crippen molar-refractivity contribution in [3.8, 4) is 0 Å². The second kappa shape index (κ2) is 26.3. The molecule has 3 rings (SSSR count). The summed E-state index contributed by atoms with van der Waals surface area (Å²) >= 11 is 0. The molecular formula is C20H26K4N12O12S4. The Bertz CT molecular complexity index is 1760. The molecule has 0 amide bonds. The first-order valence-electron chi connectivity index (χ1n) is 13.1. The van der Waals surface area contributed by atoms with E-state index in [1.54, 1.807) is 0 Å². The fraction of sp³-hybridized carbons (Fsp3) is 0.400. The molecule has 0 saturated heterocycles. The molecular weight excluding hydrogens is 885 g/mol. The Kier molecular flexibility index (Phi) is 28.5. The molecule has 0 saturated carbocycles. The Morgan fingerprint density at radius 1 is 0.385 bits per heavy atom. The largest absolute Gasteiger partial charge is 1.00 e. The molecule has 6 N–H and O–H groups in total. The van der Waals surface area contributed by atoms with Crippen LogP contribution in [0.25, 0.3) is 0 Å². The summed E-state index contributed by atoms with van der Waals surface area (Å²) in [5.41, 5.74) is 0.761. The van der Waals surface area contributed by atoms with E-state index in [0.29, 0.717) is 11.4 Å². The van der Waals surface area contributed by atoms with E-state index in [9.17, 15) is 51.9 Å². The van der Waals surface area contributed by atoms with Crippen LogP contribution in [0.5, 0.6) is 0 Å². The number of hydrogen-bond acceptors (Lipinski definition) is 24. The summed E-state index contributed by atoms with van der Waals surface area (Å²) in [6.45, 7) is -1.42. The van der Waals surface area contributed by atoms with E-state index in [2.05, 4.69) is 61.8 Å². The maximum atomic E-state index is 10.9. The maximum absolute atomic E-state index is 10.9. The number of hydrogen-bond donors (Lipinski definition) is 6. The summed E-state index contributed by atoms with van der Waals surface area (Å²) in [4.78, 5) is 24.1. The first-order chi connectivity index (χ1) is 22.2. The van der Waals surface area contributed by atoms with Crippen LogP contribution in [0.1, 0.15) is 0 Å². The number of rotatable bonds is 20. The Morgan fingerprint density at radius 3 is 0.769 bits per heavy atom. The van der Waals surface area contributed by atoms with Crippen LogP contribution < -0.4 is 237 Å². The van der Waals surface area contributed by atoms with Gasteiger partial charge in [-0.1, -0.05) is 0 Å². The smallest absolute Gasteiger partial charge is 0.748 e. The van der Waals surface area contributed by atoms with Crippen LogP contribution in [0, 0.1) is 0 Å². The van der Waals surface area contributed by atoms with E-state index < -0.39 is 63.5 Å². The monoisotopic (exact) mass is 910 g/mol. The van der Waals surface area contributed by atoms with Gasteiger partial charge in [0, 0.05) is 37.6 Å². The van der Waals surface area contributed by atoms with Gasteiger partial charge in [-0.2, -0.15) is 29.9 Å². The minimum Gasteiger partial charge on any atom is -0.748 e. The average Bonchev–Trinajstić information content (AvgIpc) is 2.91. The summed E-state index contributed by atoms with van der Waals surface area (Å²) in [6, 6.07) is 6.10. The molecule has 52 heavy (non-hydrogen) atoms. The number of nitrogens with one attached hydrogen (secondary N) is 6. The van der Waals surface area contributed by atoms with Gasteiger partial charge in [-0.3, -0.25) is 0 Å². The fourth-order valence-corrected chi connectivity index (χ4v) is 4.63. The van der Waals surface area contributed by atoms with Crippen molar-refractivity contribution < 1.29 is 257 Å². The van der Waals surface area contributed by atoms with Crippen molar-refractivity contribution in [2.75, 3.05) is 81.1 Å². The number of anilines is 8. The fourth-order valence-electron chi connectivity index (χ4n) is 3.23. The van der Waals surface area contributed by atoms with Gasteiger partial charge >= 0.3 is 206 Å². The SMILES string of the molecule is O=S(=O)([O-])CCNc1nc(NCCS(=O)(=O)[O-])nc(Nc2ccc(Nc3nc(NCCS(=O)(=O)[O-])nc(NCCS(=O)(=O)[O-])n3)cc2)n1.[K+].[K+].[K+].[K+]. The summed E-state index contributed by atoms with van der Waals surface area (Å²) in [7, 11) is -18.2. The molecule has 0 radical (unpaired) electrons. The van der Waals surface area contributed by atoms with Gasteiger partial charge in [-0.05, 0) is 24.3 Å². The standard InChI is InChI=1S/C20H30N12O12S4.4K/c33-45(34,35)9-5-21-15-27-16(22-6-10-46(36,37)38)30-19(29-15)25-13-1-2-14(4-3-13)26-20-31-17(23-7-11-47(39,40)41)28-18(32-20)24-8-12-48(42,43)44;;;;/h1-4H,5-12H2,(H,33,34,35)(H,36,37,38)(H,39,40,41)(H,42,43,44)(H3,21,22,25,27,29,30)(H3,23,24,26,28,31,32);;;;/q;4*+1/p-4. The van der Waals surface area contributed by atoms with Gasteiger partial charge < -0.3 is 50.1 Å². The molecule has 0 fully saturated rings. The van der Waals surface area contributed by atoms with E-state index in [4.69, 9.17) is 0 Å². The van der Waals surface area contributed by atoms with Crippen LogP contribution in [0.3, 0.4) is 0 Å². The summed E-state index contributed by atoms with van der Waals surface area (Å²) in [5, 5.41) is 15.8. The molecule has 0 aliphatic rings. The first kappa shape index (κ1) is 56.3. The topological polar surface area (TPSA) is 378 Å². The van der Waals surface area contributed by atoms with Crippen molar-refractivity contribution in [2.24, 2.45) is 0 Å². The van der Waals surface area contributed by atoms with E-state index in [-0.39, 0.29) is 267 Å². The van der Waals surface area contributed by atoms with Crippen LogP contribution >= 0.6 is 0 Å². The Balaban J connectivity index is 0. The quantitative estimate of drug-likeness (QED) is 0.0453. The van der Waals surface area contributed by atoms with E-state index in [1.165, 1.54) is 24.3 Å². The van der Waals surface area contributed by atoms with Crippen molar-refractivity contribution in [1.82, 2.24) is 29.9 Å². The predicted molar refractivity (Wildman–Crippen MR) is 165 cm³/mol. The molecule has 1 aromatic carbocycles. The van der Waals surface area contributed by atoms with Gasteiger partial charge in [-0.25, -0.2) is 33.7 Å². The molecule has 2 aromatic heterocycles. The van der Waals surface area contributed by atoms with Gasteiger partial charge in [0.2, 0.25) is 35.7 Å². The molecule has 0 bridgehead atoms. The van der Waals surface area contributed by atoms with Crippen LogP contribution in [0.2, 0.25) is 0 Å². The Hall–Kier alpha value is 2.23. The van der Waals surface area contributed by atoms with Crippen LogP contribution in [0.4, 0.5) is 47.1 Å². The molecule has 3 aromatic rings. The molecule has 0 unspecified atom stereocenters. The summed E-state index contributed by atoms with van der Waals surface area (Å²) in [5.74, 6) is -4.12. The van der Waals surface area contributed by atoms with Crippen LogP contribution in [-0.4, -0.2) is 131 Å². The molecule has 32 heteroatoms. The summed E-state index contributed by atoms with van der Waals surface area (Å²) in [6.07, 6.45) is 0. The molecule has 0 aliphatic heterocycles. The number of nitrogens with zero attached hydrogens (tertiary/aromatic N) is 6. The maximum Gasteiger partial charge on any atom is 1.00 e. The zero-order chi connectivity index (χ0) is 35.6. The second-order valence-corrected chi connectivity index (χ2v) is 15.3. The van der Waals surface area contributed by atoms with E-state index >= 15 is 0 Å². The third-order valence-corrected chi connectivity index (χ3v) is 8.03. The van der Waals surface area contributed by atoms with Crippen LogP contribution in [-0.2, 0) is 40.5 Å². The minimum atomic E-state index is -4.55. The van der Waals surface area contributed by atoms with Gasteiger partial charge in [-0.15, -0.1) is 0 Å². The Labute approximate surface area is 469 Å². The molecule has 0 atom stereocenters. The van der Waals surface area contributed by atoms with Crippen LogP contribution in [0.15, 0.2) is 24.3 Å². The van der Waals surface area contributed by atoms with Gasteiger partial charge in [0.1, 0.15) is 0 Å². The van der Waals surface area contributed by atoms with Gasteiger partial charge in [0.15, 0.2) is 0 Å². The minimum absolute atomic E-state index is 0. The third-order valence-electron chi connectivity index (χ3n) is 5.21. The second-order valence-electron chi connectivity index (χ2n) is 9.19. The molecule has 24 nitrogen and oxygen atoms in total. The van der Waals surface area contributed by atoms with E-state index in [0.717, 1.165) is 0 Å². The van der Waals surface area contributed by atoms with Crippen molar-refractivity contribution in [3.63, 3.8) is 0 Å². The summed E-state index contributed by atoms with van der Waals surface area (Å²) < 4.78 is 131. The van der Waals surface area contributed by atoms with Crippen molar-refractivity contribution in [2.45, 2.75) is 0 Å².